The molecule has 21 heavy (non-hydrogen) atoms. The van der Waals surface area contributed by atoms with Crippen LogP contribution in [-0.4, -0.2) is 41.1 Å². The van der Waals surface area contributed by atoms with Crippen LogP contribution in [0, 0.1) is 5.92 Å². The lowest BCUT2D eigenvalue weighted by Crippen LogP contribution is -2.36. The largest absolute Gasteiger partial charge is 0.368 e. The van der Waals surface area contributed by atoms with Crippen molar-refractivity contribution in [3.05, 3.63) is 0 Å². The Morgan fingerprint density at radius 2 is 1.57 bits per heavy atom. The Labute approximate surface area is 127 Å². The van der Waals surface area contributed by atoms with Gasteiger partial charge in [-0.05, 0) is 45.4 Å². The summed E-state index contributed by atoms with van der Waals surface area (Å²) in [6, 6.07) is 0.507. The second kappa shape index (κ2) is 6.91. The lowest BCUT2D eigenvalue weighted by Gasteiger charge is -2.34. The van der Waals surface area contributed by atoms with Gasteiger partial charge >= 0.3 is 0 Å². The van der Waals surface area contributed by atoms with Gasteiger partial charge in [0, 0.05) is 26.2 Å². The average Bonchev–Trinajstić information content (AvgIpc) is 2.48. The Balaban J connectivity index is 2.18. The van der Waals surface area contributed by atoms with Crippen LogP contribution in [0.1, 0.15) is 46.5 Å². The topological polar surface area (TPSA) is 71.2 Å². The van der Waals surface area contributed by atoms with Crippen LogP contribution in [0.5, 0.6) is 0 Å². The number of rotatable bonds is 5. The summed E-state index contributed by atoms with van der Waals surface area (Å²) in [7, 11) is 2.07. The van der Waals surface area contributed by atoms with Crippen molar-refractivity contribution in [3.63, 3.8) is 0 Å². The third kappa shape index (κ3) is 3.74. The molecule has 0 atom stereocenters. The molecule has 1 fully saturated rings. The highest BCUT2D eigenvalue weighted by molar-refractivity contribution is 5.43. The van der Waals surface area contributed by atoms with E-state index in [2.05, 4.69) is 52.6 Å². The van der Waals surface area contributed by atoms with Gasteiger partial charge in [-0.3, -0.25) is 0 Å². The van der Waals surface area contributed by atoms with Gasteiger partial charge in [0.1, 0.15) is 0 Å². The van der Waals surface area contributed by atoms with Crippen LogP contribution in [-0.2, 0) is 0 Å². The summed E-state index contributed by atoms with van der Waals surface area (Å²) in [5.41, 5.74) is 5.88. The fourth-order valence-electron chi connectivity index (χ4n) is 2.97. The van der Waals surface area contributed by atoms with Crippen LogP contribution < -0.4 is 15.5 Å². The molecule has 1 aromatic rings. The quantitative estimate of drug-likeness (QED) is 0.898. The molecule has 1 aliphatic rings. The molecule has 0 aliphatic heterocycles. The summed E-state index contributed by atoms with van der Waals surface area (Å²) in [5.74, 6) is 2.52. The second-order valence-corrected chi connectivity index (χ2v) is 5.99. The van der Waals surface area contributed by atoms with Crippen LogP contribution in [0.4, 0.5) is 17.8 Å². The molecule has 6 heteroatoms. The molecule has 0 aromatic carbocycles. The van der Waals surface area contributed by atoms with Crippen molar-refractivity contribution in [2.45, 2.75) is 52.5 Å². The smallest absolute Gasteiger partial charge is 0.231 e. The summed E-state index contributed by atoms with van der Waals surface area (Å²) in [6.45, 7) is 8.24. The first-order valence-electron chi connectivity index (χ1n) is 8.04. The van der Waals surface area contributed by atoms with E-state index in [9.17, 15) is 0 Å². The standard InChI is InChI=1S/C15H28N6/c1-5-21(6-2)15-18-13(16)17-14(19-15)20(4)12-9-7-11(3)8-10-12/h11-12H,5-10H2,1-4H3,(H2,16,17,18,19). The zero-order chi connectivity index (χ0) is 15.4. The van der Waals surface area contributed by atoms with Crippen LogP contribution in [0.2, 0.25) is 0 Å². The molecule has 1 aliphatic carbocycles. The van der Waals surface area contributed by atoms with Crippen LogP contribution in [0.25, 0.3) is 0 Å². The number of nitrogen functional groups attached to an aromatic ring is 1. The number of aromatic nitrogens is 3. The second-order valence-electron chi connectivity index (χ2n) is 5.99. The normalized spacial score (nSPS) is 22.1. The molecule has 0 unspecified atom stereocenters. The van der Waals surface area contributed by atoms with Gasteiger partial charge in [0.2, 0.25) is 17.8 Å². The minimum Gasteiger partial charge on any atom is -0.368 e. The average molecular weight is 292 g/mol. The minimum atomic E-state index is 0.304. The zero-order valence-electron chi connectivity index (χ0n) is 13.7. The Morgan fingerprint density at radius 1 is 1.00 bits per heavy atom. The van der Waals surface area contributed by atoms with Gasteiger partial charge in [0.15, 0.2) is 0 Å². The van der Waals surface area contributed by atoms with Crippen molar-refractivity contribution in [1.82, 2.24) is 15.0 Å². The monoisotopic (exact) mass is 292 g/mol. The molecular formula is C15H28N6. The Kier molecular flexibility index (Phi) is 5.20. The van der Waals surface area contributed by atoms with Crippen LogP contribution >= 0.6 is 0 Å². The third-order valence-electron chi connectivity index (χ3n) is 4.52. The molecular weight excluding hydrogens is 264 g/mol. The molecule has 1 heterocycles. The van der Waals surface area contributed by atoms with E-state index in [1.54, 1.807) is 0 Å². The van der Waals surface area contributed by atoms with E-state index in [4.69, 9.17) is 5.73 Å². The van der Waals surface area contributed by atoms with E-state index in [1.165, 1.54) is 25.7 Å². The maximum atomic E-state index is 5.88. The van der Waals surface area contributed by atoms with E-state index < -0.39 is 0 Å². The fraction of sp³-hybridized carbons (Fsp3) is 0.800. The molecule has 0 bridgehead atoms. The first-order valence-corrected chi connectivity index (χ1v) is 8.04. The molecule has 0 radical (unpaired) electrons. The summed E-state index contributed by atoms with van der Waals surface area (Å²) in [6.07, 6.45) is 4.95. The maximum absolute atomic E-state index is 5.88. The van der Waals surface area contributed by atoms with Crippen molar-refractivity contribution in [1.29, 1.82) is 0 Å². The highest BCUT2D eigenvalue weighted by Crippen LogP contribution is 2.28. The molecule has 6 nitrogen and oxygen atoms in total. The lowest BCUT2D eigenvalue weighted by molar-refractivity contribution is 0.339. The molecule has 0 amide bonds. The number of hydrogen-bond donors (Lipinski definition) is 1. The zero-order valence-corrected chi connectivity index (χ0v) is 13.7. The van der Waals surface area contributed by atoms with Gasteiger partial charge in [0.05, 0.1) is 0 Å². The van der Waals surface area contributed by atoms with Crippen molar-refractivity contribution in [2.24, 2.45) is 5.92 Å². The Bertz CT molecular complexity index is 451. The Hall–Kier alpha value is -1.59. The number of nitrogens with zero attached hydrogens (tertiary/aromatic N) is 5. The van der Waals surface area contributed by atoms with Crippen molar-refractivity contribution < 1.29 is 0 Å². The summed E-state index contributed by atoms with van der Waals surface area (Å²) < 4.78 is 0. The molecule has 2 rings (SSSR count). The molecule has 1 saturated carbocycles. The van der Waals surface area contributed by atoms with Crippen LogP contribution in [0.3, 0.4) is 0 Å². The first-order chi connectivity index (χ1) is 10.0. The Morgan fingerprint density at radius 3 is 2.14 bits per heavy atom. The van der Waals surface area contributed by atoms with Crippen molar-refractivity contribution in [2.75, 3.05) is 35.7 Å². The number of anilines is 3. The minimum absolute atomic E-state index is 0.304. The molecule has 1 aromatic heterocycles. The van der Waals surface area contributed by atoms with E-state index >= 15 is 0 Å². The van der Waals surface area contributed by atoms with Gasteiger partial charge in [0.25, 0.3) is 0 Å². The van der Waals surface area contributed by atoms with Gasteiger partial charge in [-0.15, -0.1) is 0 Å². The lowest BCUT2D eigenvalue weighted by atomic mass is 9.87. The van der Waals surface area contributed by atoms with Crippen molar-refractivity contribution in [3.8, 4) is 0 Å². The summed E-state index contributed by atoms with van der Waals surface area (Å²) in [4.78, 5) is 17.5. The highest BCUT2D eigenvalue weighted by atomic mass is 15.3. The maximum Gasteiger partial charge on any atom is 0.231 e. The predicted molar refractivity (Wildman–Crippen MR) is 87.6 cm³/mol. The predicted octanol–water partition coefficient (Wildman–Crippen LogP) is 2.31. The number of hydrogen-bond acceptors (Lipinski definition) is 6. The van der Waals surface area contributed by atoms with Crippen LogP contribution in [0.15, 0.2) is 0 Å². The molecule has 0 saturated heterocycles. The number of nitrogens with two attached hydrogens (primary N) is 1. The van der Waals surface area contributed by atoms with Gasteiger partial charge in [-0.2, -0.15) is 15.0 Å². The molecule has 2 N–H and O–H groups in total. The SMILES string of the molecule is CCN(CC)c1nc(N)nc(N(C)C2CCC(C)CC2)n1. The van der Waals surface area contributed by atoms with E-state index in [1.807, 2.05) is 0 Å². The van der Waals surface area contributed by atoms with Gasteiger partial charge < -0.3 is 15.5 Å². The van der Waals surface area contributed by atoms with E-state index in [0.29, 0.717) is 23.9 Å². The molecule has 118 valence electrons. The highest BCUT2D eigenvalue weighted by Gasteiger charge is 2.24. The first kappa shape index (κ1) is 15.8. The van der Waals surface area contributed by atoms with E-state index in [-0.39, 0.29) is 0 Å². The van der Waals surface area contributed by atoms with Gasteiger partial charge in [-0.25, -0.2) is 0 Å². The van der Waals surface area contributed by atoms with E-state index in [0.717, 1.165) is 19.0 Å². The summed E-state index contributed by atoms with van der Waals surface area (Å²) >= 11 is 0. The molecule has 0 spiro atoms. The fourth-order valence-corrected chi connectivity index (χ4v) is 2.97. The van der Waals surface area contributed by atoms with Gasteiger partial charge in [-0.1, -0.05) is 6.92 Å². The third-order valence-corrected chi connectivity index (χ3v) is 4.52. The van der Waals surface area contributed by atoms with Crippen molar-refractivity contribution >= 4 is 17.8 Å². The summed E-state index contributed by atoms with van der Waals surface area (Å²) in [5, 5.41) is 0.